The molecule has 0 fully saturated rings. The molecule has 7 aromatic carbocycles. The molecule has 2 N–H and O–H groups in total. The van der Waals surface area contributed by atoms with Crippen LogP contribution in [0.3, 0.4) is 0 Å². The van der Waals surface area contributed by atoms with E-state index in [1.807, 2.05) is 158 Å². The number of benzene rings is 7. The number of nitrogens with zero attached hydrogens (tertiary/aromatic N) is 2. The lowest BCUT2D eigenvalue weighted by molar-refractivity contribution is 0.150. The molecule has 0 radical (unpaired) electrons. The van der Waals surface area contributed by atoms with E-state index in [1.165, 1.54) is 22.3 Å². The topological polar surface area (TPSA) is 66.2 Å². The molecule has 62 heavy (non-hydrogen) atoms. The highest BCUT2D eigenvalue weighted by atomic mass is 16.3. The molecule has 2 aliphatic rings. The molecule has 0 atom stereocenters. The third kappa shape index (κ3) is 7.02. The predicted molar refractivity (Wildman–Crippen MR) is 252 cm³/mol. The Labute approximate surface area is 363 Å². The zero-order valence-corrected chi connectivity index (χ0v) is 35.1. The second-order valence-corrected chi connectivity index (χ2v) is 15.9. The number of aliphatic hydroxyl groups is 2. The van der Waals surface area contributed by atoms with Gasteiger partial charge in [0, 0.05) is 58.2 Å². The van der Waals surface area contributed by atoms with Gasteiger partial charge in [-0.3, -0.25) is 9.97 Å². The molecule has 4 nitrogen and oxygen atoms in total. The van der Waals surface area contributed by atoms with Crippen LogP contribution in [0.1, 0.15) is 55.6 Å². The van der Waals surface area contributed by atoms with Gasteiger partial charge >= 0.3 is 0 Å². The lowest BCUT2D eigenvalue weighted by Gasteiger charge is -2.19. The molecule has 0 saturated carbocycles. The first-order chi connectivity index (χ1) is 30.2. The first kappa shape index (κ1) is 39.8. The fraction of sp³-hybridized carbons (Fsp3) is 0.103. The van der Waals surface area contributed by atoms with Crippen LogP contribution in [0.15, 0.2) is 183 Å². The van der Waals surface area contributed by atoms with Gasteiger partial charge in [-0.2, -0.15) is 0 Å². The Bertz CT molecular complexity index is 2890. The second kappa shape index (κ2) is 16.5. The first-order valence-electron chi connectivity index (χ1n) is 20.8. The average Bonchev–Trinajstić information content (AvgIpc) is 3.72. The molecule has 2 heterocycles. The minimum absolute atomic E-state index is 0.796. The third-order valence-corrected chi connectivity index (χ3v) is 12.1. The van der Waals surface area contributed by atoms with Crippen LogP contribution in [0, 0.1) is 51.4 Å². The molecule has 0 saturated heterocycles. The standard InChI is InChI=1S/C44H26O2.2C7H9N/c45-43(39-21-9-5-17-35(39)36-18-6-10-22-40(36)43)27-25-33-29-13-1-2-14-30(29)34(32-16-4-3-15-31(32)33)26-28-44(46)41-23-11-7-19-37(41)38-20-8-12-24-42(38)44;2*1-6-3-4-8-5-7(6)2/h1-24,45-46H;2*3-5H,1-2H3. The molecule has 9 aromatic rings. The van der Waals surface area contributed by atoms with E-state index in [-0.39, 0.29) is 0 Å². The number of fused-ring (bicyclic) bond motifs is 8. The summed E-state index contributed by atoms with van der Waals surface area (Å²) in [6.45, 7) is 8.28. The average molecular weight is 801 g/mol. The molecule has 2 aromatic heterocycles. The zero-order chi connectivity index (χ0) is 42.8. The van der Waals surface area contributed by atoms with Crippen LogP contribution < -0.4 is 0 Å². The number of aryl methyl sites for hydroxylation is 4. The van der Waals surface area contributed by atoms with Gasteiger partial charge in [-0.25, -0.2) is 0 Å². The van der Waals surface area contributed by atoms with E-state index in [4.69, 9.17) is 0 Å². The molecule has 298 valence electrons. The van der Waals surface area contributed by atoms with Crippen molar-refractivity contribution < 1.29 is 10.2 Å². The van der Waals surface area contributed by atoms with Crippen molar-refractivity contribution in [3.8, 4) is 45.9 Å². The van der Waals surface area contributed by atoms with Gasteiger partial charge < -0.3 is 10.2 Å². The summed E-state index contributed by atoms with van der Waals surface area (Å²) in [7, 11) is 0. The van der Waals surface area contributed by atoms with Gasteiger partial charge in [-0.15, -0.1) is 0 Å². The summed E-state index contributed by atoms with van der Waals surface area (Å²) in [5.74, 6) is 13.6. The molecule has 0 unspecified atom stereocenters. The molecular formula is C58H44N2O2. The zero-order valence-electron chi connectivity index (χ0n) is 35.1. The summed E-state index contributed by atoms with van der Waals surface area (Å²) in [6.07, 6.45) is 7.36. The molecule has 2 aliphatic carbocycles. The largest absolute Gasteiger partial charge is 0.369 e. The maximum atomic E-state index is 12.2. The van der Waals surface area contributed by atoms with E-state index in [0.717, 1.165) is 77.2 Å². The van der Waals surface area contributed by atoms with Crippen molar-refractivity contribution >= 4 is 21.5 Å². The SMILES string of the molecule is Cc1ccncc1C.Cc1ccncc1C.OC1(C#Cc2c3ccccc3c(C#CC3(O)c4ccccc4-c4ccccc43)c3ccccc23)c2ccccc2-c2ccccc21. The van der Waals surface area contributed by atoms with Crippen LogP contribution in [-0.2, 0) is 11.2 Å². The Balaban J connectivity index is 0.000000257. The first-order valence-corrected chi connectivity index (χ1v) is 20.8. The Morgan fingerprint density at radius 1 is 0.355 bits per heavy atom. The van der Waals surface area contributed by atoms with Gasteiger partial charge in [-0.05, 0) is 106 Å². The highest BCUT2D eigenvalue weighted by Gasteiger charge is 2.41. The Morgan fingerprint density at radius 3 is 0.887 bits per heavy atom. The van der Waals surface area contributed by atoms with Crippen LogP contribution in [0.4, 0.5) is 0 Å². The number of pyridine rings is 2. The Kier molecular flexibility index (Phi) is 10.6. The molecule has 0 bridgehead atoms. The van der Waals surface area contributed by atoms with Crippen molar-refractivity contribution in [1.29, 1.82) is 0 Å². The van der Waals surface area contributed by atoms with E-state index in [2.05, 4.69) is 85.6 Å². The van der Waals surface area contributed by atoms with Crippen LogP contribution in [-0.4, -0.2) is 20.2 Å². The van der Waals surface area contributed by atoms with E-state index >= 15 is 0 Å². The normalized spacial score (nSPS) is 13.0. The van der Waals surface area contributed by atoms with Crippen LogP contribution in [0.5, 0.6) is 0 Å². The van der Waals surface area contributed by atoms with Crippen molar-refractivity contribution in [2.75, 3.05) is 0 Å². The minimum atomic E-state index is -1.44. The van der Waals surface area contributed by atoms with Crippen molar-refractivity contribution in [2.45, 2.75) is 38.9 Å². The predicted octanol–water partition coefficient (Wildman–Crippen LogP) is 11.9. The highest BCUT2D eigenvalue weighted by molar-refractivity contribution is 6.10. The molecular weight excluding hydrogens is 757 g/mol. The molecule has 0 aliphatic heterocycles. The molecule has 11 rings (SSSR count). The fourth-order valence-electron chi connectivity index (χ4n) is 8.48. The van der Waals surface area contributed by atoms with E-state index in [0.29, 0.717) is 0 Å². The minimum Gasteiger partial charge on any atom is -0.369 e. The van der Waals surface area contributed by atoms with Gasteiger partial charge in [0.25, 0.3) is 0 Å². The Morgan fingerprint density at radius 2 is 0.629 bits per heavy atom. The van der Waals surface area contributed by atoms with Gasteiger partial charge in [0.15, 0.2) is 11.2 Å². The summed E-state index contributed by atoms with van der Waals surface area (Å²) in [5.41, 5.74) is 11.1. The second-order valence-electron chi connectivity index (χ2n) is 15.9. The highest BCUT2D eigenvalue weighted by Crippen LogP contribution is 2.48. The van der Waals surface area contributed by atoms with Gasteiger partial charge in [-0.1, -0.05) is 169 Å². The van der Waals surface area contributed by atoms with Crippen molar-refractivity contribution in [3.05, 3.63) is 238 Å². The molecule has 0 spiro atoms. The van der Waals surface area contributed by atoms with Crippen LogP contribution >= 0.6 is 0 Å². The lowest BCUT2D eigenvalue weighted by atomic mass is 9.88. The summed E-state index contributed by atoms with van der Waals surface area (Å²) < 4.78 is 0. The van der Waals surface area contributed by atoms with E-state index < -0.39 is 11.2 Å². The monoisotopic (exact) mass is 800 g/mol. The number of rotatable bonds is 0. The smallest absolute Gasteiger partial charge is 0.178 e. The maximum absolute atomic E-state index is 12.2. The van der Waals surface area contributed by atoms with Crippen LogP contribution in [0.2, 0.25) is 0 Å². The van der Waals surface area contributed by atoms with Crippen molar-refractivity contribution in [1.82, 2.24) is 9.97 Å². The van der Waals surface area contributed by atoms with Gasteiger partial charge in [0.1, 0.15) is 0 Å². The number of aromatic nitrogens is 2. The van der Waals surface area contributed by atoms with Crippen LogP contribution in [0.25, 0.3) is 43.8 Å². The van der Waals surface area contributed by atoms with E-state index in [9.17, 15) is 10.2 Å². The maximum Gasteiger partial charge on any atom is 0.178 e. The third-order valence-electron chi connectivity index (χ3n) is 12.1. The van der Waals surface area contributed by atoms with Gasteiger partial charge in [0.2, 0.25) is 0 Å². The molecule has 4 heteroatoms. The van der Waals surface area contributed by atoms with Gasteiger partial charge in [0.05, 0.1) is 0 Å². The molecule has 0 amide bonds. The summed E-state index contributed by atoms with van der Waals surface area (Å²) in [5, 5.41) is 28.2. The number of hydrogen-bond acceptors (Lipinski definition) is 4. The summed E-state index contributed by atoms with van der Waals surface area (Å²) in [4.78, 5) is 7.89. The fourth-order valence-corrected chi connectivity index (χ4v) is 8.48. The van der Waals surface area contributed by atoms with Crippen molar-refractivity contribution in [3.63, 3.8) is 0 Å². The Hall–Kier alpha value is -7.60. The lowest BCUT2D eigenvalue weighted by Crippen LogP contribution is -2.22. The van der Waals surface area contributed by atoms with E-state index in [1.54, 1.807) is 0 Å². The van der Waals surface area contributed by atoms with Crippen molar-refractivity contribution in [2.24, 2.45) is 0 Å². The number of hydrogen-bond donors (Lipinski definition) is 2. The summed E-state index contributed by atoms with van der Waals surface area (Å²) >= 11 is 0. The summed E-state index contributed by atoms with van der Waals surface area (Å²) in [6, 6.07) is 52.1. The quantitative estimate of drug-likeness (QED) is 0.118.